The Hall–Kier alpha value is -1.32. The lowest BCUT2D eigenvalue weighted by molar-refractivity contribution is 0.302. The van der Waals surface area contributed by atoms with Crippen LogP contribution >= 0.6 is 11.3 Å². The van der Waals surface area contributed by atoms with Crippen molar-refractivity contribution in [2.75, 3.05) is 6.54 Å². The van der Waals surface area contributed by atoms with Gasteiger partial charge in [0.25, 0.3) is 0 Å². The van der Waals surface area contributed by atoms with Crippen molar-refractivity contribution in [3.63, 3.8) is 0 Å². The number of thiophene rings is 1. The molecule has 0 spiro atoms. The number of ether oxygens (including phenoxy) is 1. The van der Waals surface area contributed by atoms with E-state index in [-0.39, 0.29) is 6.04 Å². The number of hydrogen-bond acceptors (Lipinski definition) is 3. The molecule has 2 nitrogen and oxygen atoms in total. The quantitative estimate of drug-likeness (QED) is 0.810. The highest BCUT2D eigenvalue weighted by atomic mass is 32.1. The molecule has 1 aromatic carbocycles. The predicted molar refractivity (Wildman–Crippen MR) is 89.3 cm³/mol. The van der Waals surface area contributed by atoms with Gasteiger partial charge in [0.2, 0.25) is 0 Å². The van der Waals surface area contributed by atoms with Crippen molar-refractivity contribution < 1.29 is 4.74 Å². The molecule has 3 heteroatoms. The van der Waals surface area contributed by atoms with E-state index in [1.807, 2.05) is 11.3 Å². The SMILES string of the molecule is CCNC(c1cccc(OC2CC2)c1)c1sccc1CC. The monoisotopic (exact) mass is 301 g/mol. The number of nitrogens with one attached hydrogen (secondary N) is 1. The maximum absolute atomic E-state index is 5.94. The molecule has 1 aliphatic carbocycles. The summed E-state index contributed by atoms with van der Waals surface area (Å²) in [4.78, 5) is 1.43. The maximum atomic E-state index is 5.94. The van der Waals surface area contributed by atoms with Gasteiger partial charge in [-0.15, -0.1) is 11.3 Å². The molecular weight excluding hydrogens is 278 g/mol. The van der Waals surface area contributed by atoms with Crippen LogP contribution in [0.3, 0.4) is 0 Å². The second kappa shape index (κ2) is 6.63. The minimum Gasteiger partial charge on any atom is -0.490 e. The molecule has 0 aliphatic heterocycles. The summed E-state index contributed by atoms with van der Waals surface area (Å²) in [6.45, 7) is 5.34. The van der Waals surface area contributed by atoms with Crippen molar-refractivity contribution in [1.29, 1.82) is 0 Å². The van der Waals surface area contributed by atoms with Crippen LogP contribution in [-0.2, 0) is 6.42 Å². The number of benzene rings is 1. The molecule has 0 bridgehead atoms. The van der Waals surface area contributed by atoms with E-state index < -0.39 is 0 Å². The molecule has 2 aromatic rings. The first kappa shape index (κ1) is 14.6. The zero-order valence-electron chi connectivity index (χ0n) is 12.8. The van der Waals surface area contributed by atoms with E-state index >= 15 is 0 Å². The summed E-state index contributed by atoms with van der Waals surface area (Å²) < 4.78 is 5.94. The van der Waals surface area contributed by atoms with Crippen LogP contribution < -0.4 is 10.1 Å². The Morgan fingerprint density at radius 1 is 1.29 bits per heavy atom. The lowest BCUT2D eigenvalue weighted by Gasteiger charge is -2.19. The minimum absolute atomic E-state index is 0.271. The van der Waals surface area contributed by atoms with E-state index in [9.17, 15) is 0 Å². The van der Waals surface area contributed by atoms with Crippen LogP contribution in [0.2, 0.25) is 0 Å². The van der Waals surface area contributed by atoms with E-state index in [1.165, 1.54) is 28.8 Å². The van der Waals surface area contributed by atoms with Crippen LogP contribution in [0.25, 0.3) is 0 Å². The van der Waals surface area contributed by atoms with Crippen molar-refractivity contribution in [1.82, 2.24) is 5.32 Å². The van der Waals surface area contributed by atoms with Gasteiger partial charge in [0.05, 0.1) is 12.1 Å². The second-order valence-electron chi connectivity index (χ2n) is 5.54. The zero-order chi connectivity index (χ0) is 14.7. The van der Waals surface area contributed by atoms with Gasteiger partial charge in [0.15, 0.2) is 0 Å². The standard InChI is InChI=1S/C18H23NOS/c1-3-13-10-11-21-18(13)17(19-4-2)14-6-5-7-16(12-14)20-15-8-9-15/h5-7,10-12,15,17,19H,3-4,8-9H2,1-2H3. The third kappa shape index (κ3) is 3.47. The Balaban J connectivity index is 1.89. The Kier molecular flexibility index (Phi) is 4.61. The molecule has 1 unspecified atom stereocenters. The average molecular weight is 301 g/mol. The highest BCUT2D eigenvalue weighted by Crippen LogP contribution is 2.33. The third-order valence-electron chi connectivity index (χ3n) is 3.85. The highest BCUT2D eigenvalue weighted by molar-refractivity contribution is 7.10. The van der Waals surface area contributed by atoms with Crippen LogP contribution in [0.15, 0.2) is 35.7 Å². The van der Waals surface area contributed by atoms with Crippen LogP contribution in [-0.4, -0.2) is 12.6 Å². The summed E-state index contributed by atoms with van der Waals surface area (Å²) >= 11 is 1.85. The van der Waals surface area contributed by atoms with Crippen LogP contribution in [0.5, 0.6) is 5.75 Å². The Bertz CT molecular complexity index is 588. The van der Waals surface area contributed by atoms with Gasteiger partial charge in [0, 0.05) is 4.88 Å². The molecule has 0 saturated heterocycles. The fourth-order valence-corrected chi connectivity index (χ4v) is 3.70. The predicted octanol–water partition coefficient (Wildman–Crippen LogP) is 4.55. The normalized spacial score (nSPS) is 15.9. The molecule has 1 saturated carbocycles. The summed E-state index contributed by atoms with van der Waals surface area (Å²) in [5.41, 5.74) is 2.74. The van der Waals surface area contributed by atoms with Gasteiger partial charge < -0.3 is 10.1 Å². The first-order valence-electron chi connectivity index (χ1n) is 7.88. The Morgan fingerprint density at radius 3 is 2.86 bits per heavy atom. The van der Waals surface area contributed by atoms with Gasteiger partial charge in [-0.1, -0.05) is 26.0 Å². The molecule has 0 radical (unpaired) electrons. The average Bonchev–Trinajstić information content (AvgIpc) is 3.19. The molecular formula is C18H23NOS. The topological polar surface area (TPSA) is 21.3 Å². The van der Waals surface area contributed by atoms with E-state index in [1.54, 1.807) is 0 Å². The maximum Gasteiger partial charge on any atom is 0.120 e. The summed E-state index contributed by atoms with van der Waals surface area (Å²) in [6.07, 6.45) is 3.93. The largest absolute Gasteiger partial charge is 0.490 e. The van der Waals surface area contributed by atoms with Gasteiger partial charge in [-0.2, -0.15) is 0 Å². The summed E-state index contributed by atoms with van der Waals surface area (Å²) in [5.74, 6) is 1.01. The van der Waals surface area contributed by atoms with Gasteiger partial charge in [-0.05, 0) is 60.5 Å². The summed E-state index contributed by atoms with van der Waals surface area (Å²) in [5, 5.41) is 5.82. The minimum atomic E-state index is 0.271. The van der Waals surface area contributed by atoms with E-state index in [0.717, 1.165) is 18.7 Å². The van der Waals surface area contributed by atoms with Crippen molar-refractivity contribution in [2.24, 2.45) is 0 Å². The Labute approximate surface area is 131 Å². The highest BCUT2D eigenvalue weighted by Gasteiger charge is 2.24. The fourth-order valence-electron chi connectivity index (χ4n) is 2.60. The van der Waals surface area contributed by atoms with Gasteiger partial charge in [0.1, 0.15) is 5.75 Å². The van der Waals surface area contributed by atoms with E-state index in [4.69, 9.17) is 4.74 Å². The van der Waals surface area contributed by atoms with Crippen molar-refractivity contribution in [3.8, 4) is 5.75 Å². The molecule has 3 rings (SSSR count). The fraction of sp³-hybridized carbons (Fsp3) is 0.444. The van der Waals surface area contributed by atoms with Crippen LogP contribution in [0, 0.1) is 0 Å². The molecule has 21 heavy (non-hydrogen) atoms. The molecule has 112 valence electrons. The van der Waals surface area contributed by atoms with E-state index in [2.05, 4.69) is 54.9 Å². The number of hydrogen-bond donors (Lipinski definition) is 1. The second-order valence-corrected chi connectivity index (χ2v) is 6.49. The van der Waals surface area contributed by atoms with Crippen LogP contribution in [0.4, 0.5) is 0 Å². The zero-order valence-corrected chi connectivity index (χ0v) is 13.6. The first-order chi connectivity index (χ1) is 10.3. The van der Waals surface area contributed by atoms with Crippen molar-refractivity contribution in [3.05, 3.63) is 51.7 Å². The van der Waals surface area contributed by atoms with E-state index in [0.29, 0.717) is 6.10 Å². The van der Waals surface area contributed by atoms with Gasteiger partial charge >= 0.3 is 0 Å². The Morgan fingerprint density at radius 2 is 2.14 bits per heavy atom. The molecule has 1 atom stereocenters. The van der Waals surface area contributed by atoms with Crippen molar-refractivity contribution >= 4 is 11.3 Å². The summed E-state index contributed by atoms with van der Waals surface area (Å²) in [6, 6.07) is 11.1. The summed E-state index contributed by atoms with van der Waals surface area (Å²) in [7, 11) is 0. The van der Waals surface area contributed by atoms with Crippen molar-refractivity contribution in [2.45, 2.75) is 45.3 Å². The van der Waals surface area contributed by atoms with Gasteiger partial charge in [-0.25, -0.2) is 0 Å². The third-order valence-corrected chi connectivity index (χ3v) is 4.87. The van der Waals surface area contributed by atoms with Crippen LogP contribution in [0.1, 0.15) is 48.7 Å². The number of aryl methyl sites for hydroxylation is 1. The smallest absolute Gasteiger partial charge is 0.120 e. The number of rotatable bonds is 7. The van der Waals surface area contributed by atoms with Gasteiger partial charge in [-0.3, -0.25) is 0 Å². The lowest BCUT2D eigenvalue weighted by Crippen LogP contribution is -2.22. The first-order valence-corrected chi connectivity index (χ1v) is 8.76. The molecule has 1 aromatic heterocycles. The molecule has 1 aliphatic rings. The molecule has 1 fully saturated rings. The molecule has 0 amide bonds. The molecule has 1 N–H and O–H groups in total. The lowest BCUT2D eigenvalue weighted by atomic mass is 10.0. The molecule has 1 heterocycles.